The largest absolute Gasteiger partial charge is 0.392 e. The number of hydrogen-bond donors (Lipinski definition) is 2. The SMILES string of the molecule is O=C(NCc1ccccc1-c1ccc(C2OC(CSc3ccccc3)CC(c3ccc(CO)cc3)O2)cc1)c1c(F)c(F)c(F)c(F)c1F. The summed E-state index contributed by atoms with van der Waals surface area (Å²) in [6.45, 7) is -0.302. The molecular formula is C38H30F5NO4S. The van der Waals surface area contributed by atoms with Crippen LogP contribution in [0.3, 0.4) is 0 Å². The summed E-state index contributed by atoms with van der Waals surface area (Å²) in [6, 6.07) is 32.0. The zero-order valence-corrected chi connectivity index (χ0v) is 26.7. The number of thioether (sulfide) groups is 1. The van der Waals surface area contributed by atoms with Gasteiger partial charge in [-0.3, -0.25) is 4.79 Å². The number of halogens is 5. The summed E-state index contributed by atoms with van der Waals surface area (Å²) in [4.78, 5) is 13.7. The Morgan fingerprint density at radius 3 is 2.02 bits per heavy atom. The van der Waals surface area contributed by atoms with E-state index in [0.717, 1.165) is 27.1 Å². The molecule has 2 N–H and O–H groups in total. The predicted octanol–water partition coefficient (Wildman–Crippen LogP) is 8.81. The maximum Gasteiger partial charge on any atom is 0.257 e. The quantitative estimate of drug-likeness (QED) is 0.0664. The highest BCUT2D eigenvalue weighted by atomic mass is 32.2. The molecule has 1 saturated heterocycles. The lowest BCUT2D eigenvalue weighted by Gasteiger charge is -2.36. The first-order chi connectivity index (χ1) is 23.7. The van der Waals surface area contributed by atoms with Gasteiger partial charge in [-0.05, 0) is 39.9 Å². The molecule has 0 aliphatic carbocycles. The lowest BCUT2D eigenvalue weighted by Crippen LogP contribution is -2.31. The van der Waals surface area contributed by atoms with Gasteiger partial charge in [0.05, 0.1) is 18.8 Å². The summed E-state index contributed by atoms with van der Waals surface area (Å²) in [5.41, 5.74) is 2.96. The predicted molar refractivity (Wildman–Crippen MR) is 175 cm³/mol. The van der Waals surface area contributed by atoms with Gasteiger partial charge in [-0.1, -0.05) is 91.0 Å². The van der Waals surface area contributed by atoms with Crippen LogP contribution in [0.5, 0.6) is 0 Å². The van der Waals surface area contributed by atoms with Crippen molar-refractivity contribution in [3.63, 3.8) is 0 Å². The van der Waals surface area contributed by atoms with Crippen LogP contribution in [-0.2, 0) is 22.6 Å². The molecule has 6 rings (SSSR count). The fraction of sp³-hybridized carbons (Fsp3) is 0.184. The monoisotopic (exact) mass is 691 g/mol. The minimum absolute atomic E-state index is 0.0545. The highest BCUT2D eigenvalue weighted by molar-refractivity contribution is 7.99. The number of benzene rings is 5. The van der Waals surface area contributed by atoms with E-state index in [0.29, 0.717) is 23.3 Å². The van der Waals surface area contributed by atoms with Crippen LogP contribution in [0.25, 0.3) is 11.1 Å². The second-order valence-electron chi connectivity index (χ2n) is 11.4. The number of carbonyl (C=O) groups excluding carboxylic acids is 1. The smallest absolute Gasteiger partial charge is 0.257 e. The topological polar surface area (TPSA) is 67.8 Å². The van der Waals surface area contributed by atoms with Crippen LogP contribution in [0.2, 0.25) is 0 Å². The molecule has 1 amide bonds. The molecule has 0 saturated carbocycles. The van der Waals surface area contributed by atoms with E-state index in [9.17, 15) is 31.9 Å². The van der Waals surface area contributed by atoms with Crippen molar-refractivity contribution in [1.29, 1.82) is 0 Å². The molecule has 11 heteroatoms. The molecule has 0 spiro atoms. The summed E-state index contributed by atoms with van der Waals surface area (Å²) in [5.74, 6) is -11.9. The zero-order chi connectivity index (χ0) is 34.5. The number of carbonyl (C=O) groups is 1. The van der Waals surface area contributed by atoms with Crippen LogP contribution in [-0.4, -0.2) is 22.9 Å². The maximum absolute atomic E-state index is 14.2. The second kappa shape index (κ2) is 15.3. The zero-order valence-electron chi connectivity index (χ0n) is 25.8. The average Bonchev–Trinajstić information content (AvgIpc) is 3.15. The molecule has 3 unspecified atom stereocenters. The Bertz CT molecular complexity index is 1900. The highest BCUT2D eigenvalue weighted by Gasteiger charge is 2.33. The van der Waals surface area contributed by atoms with Crippen molar-refractivity contribution in [3.8, 4) is 11.1 Å². The molecule has 1 aliphatic rings. The molecule has 5 nitrogen and oxygen atoms in total. The maximum atomic E-state index is 14.2. The number of hydrogen-bond acceptors (Lipinski definition) is 5. The van der Waals surface area contributed by atoms with E-state index in [2.05, 4.69) is 5.32 Å². The Balaban J connectivity index is 1.20. The van der Waals surface area contributed by atoms with Gasteiger partial charge in [0.2, 0.25) is 5.82 Å². The molecule has 0 radical (unpaired) electrons. The fourth-order valence-corrected chi connectivity index (χ4v) is 6.52. The van der Waals surface area contributed by atoms with E-state index in [4.69, 9.17) is 9.47 Å². The summed E-state index contributed by atoms with van der Waals surface area (Å²) in [7, 11) is 0. The van der Waals surface area contributed by atoms with Crippen molar-refractivity contribution in [3.05, 3.63) is 160 Å². The molecule has 0 bridgehead atoms. The van der Waals surface area contributed by atoms with E-state index in [1.54, 1.807) is 36.0 Å². The van der Waals surface area contributed by atoms with Gasteiger partial charge in [0.15, 0.2) is 29.6 Å². The third-order valence-corrected chi connectivity index (χ3v) is 9.33. The Labute approximate surface area is 283 Å². The second-order valence-corrected chi connectivity index (χ2v) is 12.5. The van der Waals surface area contributed by atoms with Gasteiger partial charge in [-0.15, -0.1) is 11.8 Å². The van der Waals surface area contributed by atoms with E-state index in [1.165, 1.54) is 0 Å². The molecule has 1 heterocycles. The first-order valence-corrected chi connectivity index (χ1v) is 16.4. The first-order valence-electron chi connectivity index (χ1n) is 15.4. The minimum atomic E-state index is -2.34. The molecule has 1 aliphatic heterocycles. The molecule has 0 aromatic heterocycles. The Kier molecular flexibility index (Phi) is 10.7. The van der Waals surface area contributed by atoms with Crippen LogP contribution in [0.15, 0.2) is 108 Å². The lowest BCUT2D eigenvalue weighted by molar-refractivity contribution is -0.245. The van der Waals surface area contributed by atoms with Gasteiger partial charge in [0, 0.05) is 29.2 Å². The summed E-state index contributed by atoms with van der Waals surface area (Å²) in [5, 5.41) is 11.8. The van der Waals surface area contributed by atoms with Crippen molar-refractivity contribution >= 4 is 17.7 Å². The van der Waals surface area contributed by atoms with Crippen LogP contribution in [0.4, 0.5) is 22.0 Å². The van der Waals surface area contributed by atoms with E-state index < -0.39 is 46.8 Å². The van der Waals surface area contributed by atoms with Crippen molar-refractivity contribution in [2.24, 2.45) is 0 Å². The summed E-state index contributed by atoms with van der Waals surface area (Å²) in [6.07, 6.45) is -0.429. The van der Waals surface area contributed by atoms with Crippen LogP contribution < -0.4 is 5.32 Å². The minimum Gasteiger partial charge on any atom is -0.392 e. The third-order valence-electron chi connectivity index (χ3n) is 8.18. The number of rotatable bonds is 10. The van der Waals surface area contributed by atoms with E-state index in [1.807, 2.05) is 78.9 Å². The molecule has 1 fully saturated rings. The number of nitrogens with one attached hydrogen (secondary N) is 1. The lowest BCUT2D eigenvalue weighted by atomic mass is 9.97. The number of amides is 1. The van der Waals surface area contributed by atoms with E-state index >= 15 is 0 Å². The highest BCUT2D eigenvalue weighted by Crippen LogP contribution is 2.40. The number of ether oxygens (including phenoxy) is 2. The Morgan fingerprint density at radius 1 is 0.735 bits per heavy atom. The Morgan fingerprint density at radius 2 is 1.35 bits per heavy atom. The van der Waals surface area contributed by atoms with Gasteiger partial charge in [-0.25, -0.2) is 22.0 Å². The van der Waals surface area contributed by atoms with E-state index in [-0.39, 0.29) is 25.4 Å². The van der Waals surface area contributed by atoms with Crippen LogP contribution in [0, 0.1) is 29.1 Å². The van der Waals surface area contributed by atoms with Crippen molar-refractivity contribution in [1.82, 2.24) is 5.32 Å². The number of aliphatic hydroxyl groups is 1. The standard InChI is InChI=1S/C38H30F5NO4S/c39-32-31(33(40)35(42)36(43)34(32)41)37(46)44-19-26-6-4-5-9-29(26)23-14-16-25(17-15-23)38-47-27(21-49-28-7-2-1-3-8-28)18-30(48-38)24-12-10-22(20-45)11-13-24/h1-17,27,30,38,45H,18-21H2,(H,44,46). The molecule has 3 atom stereocenters. The van der Waals surface area contributed by atoms with Gasteiger partial charge in [-0.2, -0.15) is 0 Å². The number of aliphatic hydroxyl groups excluding tert-OH is 1. The van der Waals surface area contributed by atoms with Crippen LogP contribution >= 0.6 is 11.8 Å². The van der Waals surface area contributed by atoms with Gasteiger partial charge in [0.25, 0.3) is 5.91 Å². The molecular weight excluding hydrogens is 661 g/mol. The normalized spacial score (nSPS) is 17.6. The van der Waals surface area contributed by atoms with Gasteiger partial charge in [0.1, 0.15) is 5.56 Å². The molecule has 49 heavy (non-hydrogen) atoms. The van der Waals surface area contributed by atoms with Crippen LogP contribution in [0.1, 0.15) is 51.4 Å². The average molecular weight is 692 g/mol. The van der Waals surface area contributed by atoms with Crippen molar-refractivity contribution in [2.75, 3.05) is 5.75 Å². The molecule has 5 aromatic carbocycles. The van der Waals surface area contributed by atoms with Crippen molar-refractivity contribution < 1.29 is 41.3 Å². The molecule has 252 valence electrons. The third kappa shape index (κ3) is 7.70. The van der Waals surface area contributed by atoms with Crippen molar-refractivity contribution in [2.45, 2.75) is 43.0 Å². The Hall–Kier alpha value is -4.55. The summed E-state index contributed by atoms with van der Waals surface area (Å²) < 4.78 is 82.1. The first kappa shape index (κ1) is 34.3. The molecule has 5 aromatic rings. The van der Waals surface area contributed by atoms with Gasteiger partial charge >= 0.3 is 0 Å². The summed E-state index contributed by atoms with van der Waals surface area (Å²) >= 11 is 1.70. The fourth-order valence-electron chi connectivity index (χ4n) is 5.57. The van der Waals surface area contributed by atoms with Gasteiger partial charge < -0.3 is 19.9 Å².